The van der Waals surface area contributed by atoms with Crippen LogP contribution in [0.3, 0.4) is 0 Å². The van der Waals surface area contributed by atoms with Crippen molar-refractivity contribution in [3.63, 3.8) is 0 Å². The molecule has 0 amide bonds. The second-order valence-corrected chi connectivity index (χ2v) is 3.75. The fourth-order valence-corrected chi connectivity index (χ4v) is 0.839. The van der Waals surface area contributed by atoms with Gasteiger partial charge in [0.2, 0.25) is 0 Å². The molecule has 0 N–H and O–H groups in total. The third kappa shape index (κ3) is 1.97. The van der Waals surface area contributed by atoms with E-state index < -0.39 is 0 Å². The molecule has 0 aromatic carbocycles. The van der Waals surface area contributed by atoms with E-state index in [9.17, 15) is 0 Å². The molecule has 0 aliphatic carbocycles. The number of ether oxygens (including phenoxy) is 1. The summed E-state index contributed by atoms with van der Waals surface area (Å²) in [6.07, 6.45) is 5.51. The predicted molar refractivity (Wildman–Crippen MR) is 46.9 cm³/mol. The fourth-order valence-electron chi connectivity index (χ4n) is 0.839. The highest BCUT2D eigenvalue weighted by Crippen LogP contribution is 2.29. The van der Waals surface area contributed by atoms with Crippen LogP contribution in [0.25, 0.3) is 0 Å². The summed E-state index contributed by atoms with van der Waals surface area (Å²) in [5.74, 6) is 0.977. The molecular weight excluding hydrogens is 136 g/mol. The van der Waals surface area contributed by atoms with Crippen LogP contribution in [0.4, 0.5) is 0 Å². The molecule has 0 aromatic rings. The Kier molecular flexibility index (Phi) is 1.90. The first-order valence-corrected chi connectivity index (χ1v) is 3.74. The number of hydrogen-bond donors (Lipinski definition) is 0. The summed E-state index contributed by atoms with van der Waals surface area (Å²) in [6.45, 7) is 10.2. The zero-order chi connectivity index (χ0) is 8.48. The number of rotatable bonds is 0. The van der Waals surface area contributed by atoms with Gasteiger partial charge in [0.1, 0.15) is 5.76 Å². The summed E-state index contributed by atoms with van der Waals surface area (Å²) in [4.78, 5) is 0. The quantitative estimate of drug-likeness (QED) is 0.515. The molecule has 1 aliphatic heterocycles. The lowest BCUT2D eigenvalue weighted by Crippen LogP contribution is -2.12. The molecule has 1 nitrogen and oxygen atoms in total. The van der Waals surface area contributed by atoms with Crippen LogP contribution in [0.2, 0.25) is 0 Å². The molecule has 1 rings (SSSR count). The first kappa shape index (κ1) is 8.12. The smallest absolute Gasteiger partial charge is 0.109 e. The van der Waals surface area contributed by atoms with E-state index in [2.05, 4.69) is 27.4 Å². The van der Waals surface area contributed by atoms with Gasteiger partial charge in [-0.25, -0.2) is 0 Å². The molecule has 1 heterocycles. The van der Waals surface area contributed by atoms with Gasteiger partial charge in [-0.15, -0.1) is 0 Å². The maximum absolute atomic E-state index is 5.33. The minimum Gasteiger partial charge on any atom is -0.469 e. The van der Waals surface area contributed by atoms with Crippen molar-refractivity contribution in [2.45, 2.75) is 20.8 Å². The highest BCUT2D eigenvalue weighted by molar-refractivity contribution is 5.32. The van der Waals surface area contributed by atoms with Gasteiger partial charge in [-0.3, -0.25) is 0 Å². The van der Waals surface area contributed by atoms with E-state index in [1.54, 1.807) is 6.26 Å². The lowest BCUT2D eigenvalue weighted by atomic mass is 9.92. The third-order valence-electron chi connectivity index (χ3n) is 1.53. The van der Waals surface area contributed by atoms with Crippen molar-refractivity contribution < 1.29 is 4.74 Å². The van der Waals surface area contributed by atoms with Crippen molar-refractivity contribution in [2.75, 3.05) is 0 Å². The van der Waals surface area contributed by atoms with E-state index in [0.29, 0.717) is 0 Å². The van der Waals surface area contributed by atoms with Gasteiger partial charge >= 0.3 is 0 Å². The Hall–Kier alpha value is -0.980. The van der Waals surface area contributed by atoms with Crippen molar-refractivity contribution >= 4 is 0 Å². The van der Waals surface area contributed by atoms with Crippen LogP contribution in [0, 0.1) is 5.41 Å². The van der Waals surface area contributed by atoms with Gasteiger partial charge in [0.15, 0.2) is 0 Å². The normalized spacial score (nSPS) is 17.7. The molecule has 11 heavy (non-hydrogen) atoms. The van der Waals surface area contributed by atoms with Gasteiger partial charge in [0.05, 0.1) is 6.26 Å². The maximum atomic E-state index is 5.33. The van der Waals surface area contributed by atoms with Crippen LogP contribution < -0.4 is 0 Å². The highest BCUT2D eigenvalue weighted by atomic mass is 16.5. The molecule has 0 unspecified atom stereocenters. The molecule has 0 saturated carbocycles. The summed E-state index contributed by atoms with van der Waals surface area (Å²) in [5, 5.41) is 0. The molecule has 0 atom stereocenters. The monoisotopic (exact) mass is 150 g/mol. The van der Waals surface area contributed by atoms with Gasteiger partial charge < -0.3 is 4.74 Å². The Morgan fingerprint density at radius 1 is 1.36 bits per heavy atom. The van der Waals surface area contributed by atoms with Crippen molar-refractivity contribution in [1.82, 2.24) is 0 Å². The van der Waals surface area contributed by atoms with E-state index in [4.69, 9.17) is 4.74 Å². The molecule has 1 aliphatic rings. The van der Waals surface area contributed by atoms with Crippen LogP contribution in [-0.2, 0) is 4.74 Å². The van der Waals surface area contributed by atoms with Crippen LogP contribution in [0.1, 0.15) is 20.8 Å². The maximum Gasteiger partial charge on any atom is 0.109 e. The van der Waals surface area contributed by atoms with E-state index in [-0.39, 0.29) is 5.41 Å². The first-order chi connectivity index (χ1) is 5.00. The second kappa shape index (κ2) is 2.57. The van der Waals surface area contributed by atoms with E-state index in [1.807, 2.05) is 12.2 Å². The van der Waals surface area contributed by atoms with Gasteiger partial charge in [0, 0.05) is 5.41 Å². The van der Waals surface area contributed by atoms with Gasteiger partial charge in [0.25, 0.3) is 0 Å². The molecule has 0 radical (unpaired) electrons. The molecular formula is C10H14O. The Balaban J connectivity index is 2.83. The highest BCUT2D eigenvalue weighted by Gasteiger charge is 2.19. The Morgan fingerprint density at radius 3 is 2.36 bits per heavy atom. The number of hydrogen-bond acceptors (Lipinski definition) is 1. The predicted octanol–water partition coefficient (Wildman–Crippen LogP) is 3.02. The van der Waals surface area contributed by atoms with Crippen molar-refractivity contribution in [3.8, 4) is 0 Å². The lowest BCUT2D eigenvalue weighted by molar-refractivity contribution is 0.242. The van der Waals surface area contributed by atoms with E-state index >= 15 is 0 Å². The Labute approximate surface area is 68.1 Å². The minimum absolute atomic E-state index is 0.0771. The van der Waals surface area contributed by atoms with Gasteiger partial charge in [-0.2, -0.15) is 0 Å². The van der Waals surface area contributed by atoms with Crippen molar-refractivity contribution in [2.24, 2.45) is 5.41 Å². The zero-order valence-electron chi connectivity index (χ0n) is 7.35. The average Bonchev–Trinajstić information content (AvgIpc) is 1.86. The third-order valence-corrected chi connectivity index (χ3v) is 1.53. The summed E-state index contributed by atoms with van der Waals surface area (Å²) >= 11 is 0. The fraction of sp³-hybridized carbons (Fsp3) is 0.400. The summed E-state index contributed by atoms with van der Waals surface area (Å²) in [6, 6.07) is 0. The SMILES string of the molecule is C=C1C=COC(C(C)(C)C)=C1. The second-order valence-electron chi connectivity index (χ2n) is 3.75. The minimum atomic E-state index is 0.0771. The first-order valence-electron chi connectivity index (χ1n) is 3.74. The topological polar surface area (TPSA) is 9.23 Å². The Bertz CT molecular complexity index is 226. The van der Waals surface area contributed by atoms with Crippen LogP contribution in [-0.4, -0.2) is 0 Å². The Morgan fingerprint density at radius 2 is 2.00 bits per heavy atom. The van der Waals surface area contributed by atoms with Crippen molar-refractivity contribution in [1.29, 1.82) is 0 Å². The van der Waals surface area contributed by atoms with Crippen LogP contribution >= 0.6 is 0 Å². The van der Waals surface area contributed by atoms with Gasteiger partial charge in [-0.1, -0.05) is 27.4 Å². The molecule has 0 bridgehead atoms. The average molecular weight is 150 g/mol. The van der Waals surface area contributed by atoms with Crippen molar-refractivity contribution in [3.05, 3.63) is 36.3 Å². The number of allylic oxidation sites excluding steroid dienone is 4. The molecule has 0 spiro atoms. The van der Waals surface area contributed by atoms with Gasteiger partial charge in [-0.05, 0) is 17.7 Å². The lowest BCUT2D eigenvalue weighted by Gasteiger charge is -2.23. The van der Waals surface area contributed by atoms with Crippen LogP contribution in [0.5, 0.6) is 0 Å². The molecule has 0 fully saturated rings. The largest absolute Gasteiger partial charge is 0.469 e. The standard InChI is InChI=1S/C10H14O/c1-8-5-6-11-9(7-8)10(2,3)4/h5-7H,1H2,2-4H3. The molecule has 1 heteroatoms. The summed E-state index contributed by atoms with van der Waals surface area (Å²) in [7, 11) is 0. The summed E-state index contributed by atoms with van der Waals surface area (Å²) < 4.78 is 5.33. The molecule has 60 valence electrons. The zero-order valence-corrected chi connectivity index (χ0v) is 7.35. The van der Waals surface area contributed by atoms with Crippen LogP contribution in [0.15, 0.2) is 36.3 Å². The molecule has 0 saturated heterocycles. The van der Waals surface area contributed by atoms with E-state index in [0.717, 1.165) is 11.3 Å². The van der Waals surface area contributed by atoms with E-state index in [1.165, 1.54) is 0 Å². The summed E-state index contributed by atoms with van der Waals surface area (Å²) in [5.41, 5.74) is 1.08. The molecule has 0 aromatic heterocycles.